The lowest BCUT2D eigenvalue weighted by molar-refractivity contribution is -0.116. The monoisotopic (exact) mass is 279 g/mol. The molecule has 1 rings (SSSR count). The maximum atomic E-state index is 11.7. The van der Waals surface area contributed by atoms with Crippen molar-refractivity contribution in [2.45, 2.75) is 12.8 Å². The molecule has 0 aliphatic heterocycles. The van der Waals surface area contributed by atoms with Crippen molar-refractivity contribution >= 4 is 17.6 Å². The minimum Gasteiger partial charge on any atom is -0.493 e. The number of carbonyl (C=O) groups is 2. The first-order chi connectivity index (χ1) is 9.53. The molecule has 0 atom stereocenters. The van der Waals surface area contributed by atoms with Gasteiger partial charge in [0.2, 0.25) is 5.91 Å². The number of allylic oxidation sites excluding steroid dienone is 1. The Labute approximate surface area is 117 Å². The second-order valence-electron chi connectivity index (χ2n) is 3.94. The van der Waals surface area contributed by atoms with E-state index in [4.69, 9.17) is 14.6 Å². The zero-order valence-corrected chi connectivity index (χ0v) is 11.4. The molecule has 1 aromatic rings. The quantitative estimate of drug-likeness (QED) is 0.748. The van der Waals surface area contributed by atoms with E-state index in [0.717, 1.165) is 0 Å². The third kappa shape index (κ3) is 3.74. The van der Waals surface area contributed by atoms with Crippen molar-refractivity contribution in [3.63, 3.8) is 0 Å². The van der Waals surface area contributed by atoms with Crippen LogP contribution in [0.1, 0.15) is 23.2 Å². The number of methoxy groups -OCH3 is 2. The molecule has 2 N–H and O–H groups in total. The van der Waals surface area contributed by atoms with Gasteiger partial charge in [0.15, 0.2) is 11.5 Å². The standard InChI is InChI=1S/C14H17NO5/c1-4-5-6-12(16)15-10-7-9(14(17)18)8-11(19-2)13(10)20-3/h4,7-8H,1,5-6H2,2-3H3,(H,15,16)(H,17,18). The molecule has 0 unspecified atom stereocenters. The van der Waals surface area contributed by atoms with E-state index in [1.807, 2.05) is 0 Å². The molecule has 0 heterocycles. The molecule has 0 fully saturated rings. The summed E-state index contributed by atoms with van der Waals surface area (Å²) >= 11 is 0. The number of amides is 1. The van der Waals surface area contributed by atoms with Gasteiger partial charge < -0.3 is 19.9 Å². The Morgan fingerprint density at radius 1 is 1.35 bits per heavy atom. The number of carbonyl (C=O) groups excluding carboxylic acids is 1. The number of ether oxygens (including phenoxy) is 2. The van der Waals surface area contributed by atoms with Crippen LogP contribution in [0.25, 0.3) is 0 Å². The summed E-state index contributed by atoms with van der Waals surface area (Å²) in [5.41, 5.74) is 0.264. The summed E-state index contributed by atoms with van der Waals surface area (Å²) in [6.07, 6.45) is 2.42. The molecule has 0 aromatic heterocycles. The number of rotatable bonds is 7. The van der Waals surface area contributed by atoms with E-state index < -0.39 is 5.97 Å². The highest BCUT2D eigenvalue weighted by atomic mass is 16.5. The smallest absolute Gasteiger partial charge is 0.335 e. The molecule has 1 amide bonds. The van der Waals surface area contributed by atoms with E-state index in [0.29, 0.717) is 6.42 Å². The molecular formula is C14H17NO5. The van der Waals surface area contributed by atoms with Gasteiger partial charge in [0, 0.05) is 6.42 Å². The zero-order chi connectivity index (χ0) is 15.1. The van der Waals surface area contributed by atoms with Crippen LogP contribution in [-0.4, -0.2) is 31.2 Å². The number of anilines is 1. The molecule has 108 valence electrons. The molecule has 1 aromatic carbocycles. The lowest BCUT2D eigenvalue weighted by Crippen LogP contribution is -2.13. The van der Waals surface area contributed by atoms with Crippen LogP contribution in [0.3, 0.4) is 0 Å². The number of nitrogens with one attached hydrogen (secondary N) is 1. The van der Waals surface area contributed by atoms with Gasteiger partial charge in [-0.1, -0.05) is 6.08 Å². The van der Waals surface area contributed by atoms with Crippen molar-refractivity contribution in [3.05, 3.63) is 30.4 Å². The Morgan fingerprint density at radius 3 is 2.55 bits per heavy atom. The van der Waals surface area contributed by atoms with Crippen LogP contribution in [0, 0.1) is 0 Å². The van der Waals surface area contributed by atoms with Gasteiger partial charge in [-0.2, -0.15) is 0 Å². The highest BCUT2D eigenvalue weighted by Crippen LogP contribution is 2.36. The second kappa shape index (κ2) is 7.18. The van der Waals surface area contributed by atoms with Crippen LogP contribution in [0.5, 0.6) is 11.5 Å². The number of aromatic carboxylic acids is 1. The first-order valence-corrected chi connectivity index (χ1v) is 5.93. The molecule has 6 heteroatoms. The lowest BCUT2D eigenvalue weighted by Gasteiger charge is -2.14. The molecule has 0 spiro atoms. The Kier molecular flexibility index (Phi) is 5.58. The molecule has 0 aliphatic carbocycles. The molecular weight excluding hydrogens is 262 g/mol. The van der Waals surface area contributed by atoms with Crippen molar-refractivity contribution in [3.8, 4) is 11.5 Å². The Balaban J connectivity index is 3.14. The van der Waals surface area contributed by atoms with E-state index >= 15 is 0 Å². The van der Waals surface area contributed by atoms with E-state index in [2.05, 4.69) is 11.9 Å². The van der Waals surface area contributed by atoms with Crippen LogP contribution in [0.2, 0.25) is 0 Å². The molecule has 0 saturated carbocycles. The van der Waals surface area contributed by atoms with Gasteiger partial charge in [-0.15, -0.1) is 6.58 Å². The topological polar surface area (TPSA) is 84.9 Å². The van der Waals surface area contributed by atoms with Crippen molar-refractivity contribution in [2.75, 3.05) is 19.5 Å². The van der Waals surface area contributed by atoms with Crippen molar-refractivity contribution in [2.24, 2.45) is 0 Å². The van der Waals surface area contributed by atoms with Crippen LogP contribution < -0.4 is 14.8 Å². The molecule has 0 saturated heterocycles. The fourth-order valence-corrected chi connectivity index (χ4v) is 1.63. The maximum Gasteiger partial charge on any atom is 0.335 e. The normalized spacial score (nSPS) is 9.70. The second-order valence-corrected chi connectivity index (χ2v) is 3.94. The average molecular weight is 279 g/mol. The molecule has 20 heavy (non-hydrogen) atoms. The number of carboxylic acid groups (broad SMARTS) is 1. The summed E-state index contributed by atoms with van der Waals surface area (Å²) in [4.78, 5) is 22.8. The van der Waals surface area contributed by atoms with E-state index in [1.165, 1.54) is 26.4 Å². The number of carboxylic acids is 1. The summed E-state index contributed by atoms with van der Waals surface area (Å²) in [6.45, 7) is 3.54. The van der Waals surface area contributed by atoms with Crippen molar-refractivity contribution in [1.82, 2.24) is 0 Å². The SMILES string of the molecule is C=CCCC(=O)Nc1cc(C(=O)O)cc(OC)c1OC. The molecule has 0 radical (unpaired) electrons. The highest BCUT2D eigenvalue weighted by molar-refractivity contribution is 5.96. The van der Waals surface area contributed by atoms with Gasteiger partial charge in [-0.25, -0.2) is 4.79 Å². The first kappa shape index (κ1) is 15.6. The predicted molar refractivity (Wildman–Crippen MR) is 74.6 cm³/mol. The average Bonchev–Trinajstić information content (AvgIpc) is 2.43. The van der Waals surface area contributed by atoms with E-state index in [1.54, 1.807) is 6.08 Å². The molecule has 6 nitrogen and oxygen atoms in total. The van der Waals surface area contributed by atoms with Crippen LogP contribution >= 0.6 is 0 Å². The fraction of sp³-hybridized carbons (Fsp3) is 0.286. The minimum atomic E-state index is -1.12. The highest BCUT2D eigenvalue weighted by Gasteiger charge is 2.17. The fourth-order valence-electron chi connectivity index (χ4n) is 1.63. The van der Waals surface area contributed by atoms with Gasteiger partial charge in [0.1, 0.15) is 0 Å². The van der Waals surface area contributed by atoms with E-state index in [-0.39, 0.29) is 35.1 Å². The van der Waals surface area contributed by atoms with Gasteiger partial charge in [0.05, 0.1) is 25.5 Å². The zero-order valence-electron chi connectivity index (χ0n) is 11.4. The van der Waals surface area contributed by atoms with Gasteiger partial charge >= 0.3 is 5.97 Å². The third-order valence-electron chi connectivity index (χ3n) is 2.58. The summed E-state index contributed by atoms with van der Waals surface area (Å²) in [5.74, 6) is -0.851. The Morgan fingerprint density at radius 2 is 2.05 bits per heavy atom. The van der Waals surface area contributed by atoms with E-state index in [9.17, 15) is 9.59 Å². The number of benzene rings is 1. The summed E-state index contributed by atoms with van der Waals surface area (Å²) in [5, 5.41) is 11.7. The maximum absolute atomic E-state index is 11.7. The summed E-state index contributed by atoms with van der Waals surface area (Å²) in [6, 6.07) is 2.66. The first-order valence-electron chi connectivity index (χ1n) is 5.93. The number of hydrogen-bond acceptors (Lipinski definition) is 4. The predicted octanol–water partition coefficient (Wildman–Crippen LogP) is 2.31. The number of hydrogen-bond donors (Lipinski definition) is 2. The van der Waals surface area contributed by atoms with Gasteiger partial charge in [-0.05, 0) is 18.6 Å². The van der Waals surface area contributed by atoms with Crippen LogP contribution in [-0.2, 0) is 4.79 Å². The largest absolute Gasteiger partial charge is 0.493 e. The minimum absolute atomic E-state index is 0.00155. The van der Waals surface area contributed by atoms with Crippen molar-refractivity contribution in [1.29, 1.82) is 0 Å². The Hall–Kier alpha value is -2.50. The van der Waals surface area contributed by atoms with Gasteiger partial charge in [-0.3, -0.25) is 4.79 Å². The Bertz CT molecular complexity index is 525. The molecule has 0 bridgehead atoms. The molecule has 0 aliphatic rings. The van der Waals surface area contributed by atoms with Gasteiger partial charge in [0.25, 0.3) is 0 Å². The summed E-state index contributed by atoms with van der Waals surface area (Å²) in [7, 11) is 2.81. The van der Waals surface area contributed by atoms with Crippen LogP contribution in [0.4, 0.5) is 5.69 Å². The summed E-state index contributed by atoms with van der Waals surface area (Å²) < 4.78 is 10.2. The third-order valence-corrected chi connectivity index (χ3v) is 2.58. The van der Waals surface area contributed by atoms with Crippen LogP contribution in [0.15, 0.2) is 24.8 Å². The van der Waals surface area contributed by atoms with Crippen molar-refractivity contribution < 1.29 is 24.2 Å². The lowest BCUT2D eigenvalue weighted by atomic mass is 10.1.